The number of amides is 1. The molecule has 7 nitrogen and oxygen atoms in total. The smallest absolute Gasteiger partial charge is 0.409 e. The van der Waals surface area contributed by atoms with Gasteiger partial charge in [-0.05, 0) is 12.1 Å². The van der Waals surface area contributed by atoms with Crippen LogP contribution in [0.25, 0.3) is 0 Å². The number of hydrogen-bond donors (Lipinski definition) is 0. The molecule has 0 fully saturated rings. The molecule has 8 heteroatoms. The fourth-order valence-corrected chi connectivity index (χ4v) is 1.68. The normalized spacial score (nSPS) is 13.8. The Morgan fingerprint density at radius 2 is 2.18 bits per heavy atom. The van der Waals surface area contributed by atoms with Crippen molar-refractivity contribution in [3.8, 4) is 5.75 Å². The van der Waals surface area contributed by atoms with Crippen LogP contribution in [0.3, 0.4) is 0 Å². The summed E-state index contributed by atoms with van der Waals surface area (Å²) < 4.78 is 4.97. The van der Waals surface area contributed by atoms with Crippen LogP contribution < -0.4 is 4.74 Å². The second-order valence-corrected chi connectivity index (χ2v) is 3.84. The van der Waals surface area contributed by atoms with Gasteiger partial charge < -0.3 is 4.74 Å². The average molecular weight is 253 g/mol. The van der Waals surface area contributed by atoms with Crippen LogP contribution in [0.1, 0.15) is 0 Å². The molecule has 1 amide bonds. The number of rotatable bonds is 2. The van der Waals surface area contributed by atoms with Gasteiger partial charge in [0.1, 0.15) is 5.75 Å². The first-order valence-electron chi connectivity index (χ1n) is 4.54. The number of ether oxygens (including phenoxy) is 1. The van der Waals surface area contributed by atoms with Gasteiger partial charge in [-0.25, -0.2) is 4.79 Å². The standard InChI is InChI=1S/C9H7N3O4S/c13-9(11-6-17-5-10-11)16-8-3-1-7(2-4-8)12(14)15/h1-5H,6H2. The number of nitro benzene ring substituents is 1. The highest BCUT2D eigenvalue weighted by atomic mass is 32.2. The van der Waals surface area contributed by atoms with E-state index in [0.717, 1.165) is 5.01 Å². The third-order valence-corrected chi connectivity index (χ3v) is 2.56. The zero-order chi connectivity index (χ0) is 12.3. The fourth-order valence-electron chi connectivity index (χ4n) is 1.12. The molecule has 1 heterocycles. The number of carbonyl (C=O) groups is 1. The Morgan fingerprint density at radius 1 is 1.47 bits per heavy atom. The summed E-state index contributed by atoms with van der Waals surface area (Å²) in [5.41, 5.74) is 1.48. The Kier molecular flexibility index (Phi) is 3.24. The lowest BCUT2D eigenvalue weighted by Crippen LogP contribution is -2.26. The second-order valence-electron chi connectivity index (χ2n) is 3.04. The number of benzene rings is 1. The fraction of sp³-hybridized carbons (Fsp3) is 0.111. The Balaban J connectivity index is 2.01. The molecular formula is C9H7N3O4S. The first kappa shape index (κ1) is 11.4. The molecule has 0 N–H and O–H groups in total. The van der Waals surface area contributed by atoms with Crippen molar-refractivity contribution in [2.24, 2.45) is 5.10 Å². The molecule has 0 atom stereocenters. The first-order valence-corrected chi connectivity index (χ1v) is 5.59. The predicted octanol–water partition coefficient (Wildman–Crippen LogP) is 2.04. The highest BCUT2D eigenvalue weighted by molar-refractivity contribution is 8.12. The van der Waals surface area contributed by atoms with Gasteiger partial charge in [0.2, 0.25) is 0 Å². The molecule has 0 spiro atoms. The molecule has 0 saturated carbocycles. The van der Waals surface area contributed by atoms with Gasteiger partial charge in [0.15, 0.2) is 0 Å². The van der Waals surface area contributed by atoms with E-state index in [0.29, 0.717) is 5.88 Å². The van der Waals surface area contributed by atoms with Gasteiger partial charge in [0.25, 0.3) is 5.69 Å². The second kappa shape index (κ2) is 4.83. The van der Waals surface area contributed by atoms with E-state index in [1.54, 1.807) is 0 Å². The number of non-ortho nitro benzene ring substituents is 1. The molecule has 0 aliphatic carbocycles. The van der Waals surface area contributed by atoms with E-state index >= 15 is 0 Å². The minimum atomic E-state index is -0.611. The van der Waals surface area contributed by atoms with Crippen molar-refractivity contribution in [2.75, 3.05) is 5.88 Å². The Hall–Kier alpha value is -2.09. The summed E-state index contributed by atoms with van der Waals surface area (Å²) in [7, 11) is 0. The highest BCUT2D eigenvalue weighted by Gasteiger charge is 2.18. The van der Waals surface area contributed by atoms with Crippen LogP contribution in [0.2, 0.25) is 0 Å². The van der Waals surface area contributed by atoms with E-state index in [-0.39, 0.29) is 11.4 Å². The number of hydrogen-bond acceptors (Lipinski definition) is 6. The van der Waals surface area contributed by atoms with Crippen LogP contribution in [0.4, 0.5) is 10.5 Å². The summed E-state index contributed by atoms with van der Waals surface area (Å²) >= 11 is 1.37. The number of hydrazone groups is 1. The molecule has 17 heavy (non-hydrogen) atoms. The Labute approximate surface area is 100 Å². The van der Waals surface area contributed by atoms with Crippen LogP contribution in [-0.2, 0) is 0 Å². The molecule has 2 rings (SSSR count). The molecule has 0 radical (unpaired) electrons. The molecule has 0 unspecified atom stereocenters. The average Bonchev–Trinajstić information content (AvgIpc) is 2.83. The van der Waals surface area contributed by atoms with E-state index in [1.807, 2.05) is 0 Å². The van der Waals surface area contributed by atoms with Crippen molar-refractivity contribution in [2.45, 2.75) is 0 Å². The largest absolute Gasteiger partial charge is 0.436 e. The SMILES string of the molecule is O=C(Oc1ccc([N+](=O)[O-])cc1)N1CSC=N1. The molecular weight excluding hydrogens is 246 g/mol. The van der Waals surface area contributed by atoms with E-state index in [4.69, 9.17) is 4.74 Å². The Bertz CT molecular complexity index is 474. The van der Waals surface area contributed by atoms with E-state index in [2.05, 4.69) is 5.10 Å². The topological polar surface area (TPSA) is 85.0 Å². The molecule has 1 aliphatic heterocycles. The third kappa shape index (κ3) is 2.72. The number of carbonyl (C=O) groups excluding carboxylic acids is 1. The van der Waals surface area contributed by atoms with Crippen molar-refractivity contribution in [1.82, 2.24) is 5.01 Å². The monoisotopic (exact) mass is 253 g/mol. The van der Waals surface area contributed by atoms with Crippen LogP contribution >= 0.6 is 11.8 Å². The molecule has 1 aromatic rings. The van der Waals surface area contributed by atoms with Crippen molar-refractivity contribution in [1.29, 1.82) is 0 Å². The van der Waals surface area contributed by atoms with Crippen molar-refractivity contribution in [3.63, 3.8) is 0 Å². The van der Waals surface area contributed by atoms with Crippen LogP contribution in [0.5, 0.6) is 5.75 Å². The van der Waals surface area contributed by atoms with E-state index in [9.17, 15) is 14.9 Å². The zero-order valence-electron chi connectivity index (χ0n) is 8.48. The summed E-state index contributed by atoms with van der Waals surface area (Å²) in [5, 5.41) is 15.3. The first-order chi connectivity index (χ1) is 8.16. The van der Waals surface area contributed by atoms with Crippen LogP contribution in [0.15, 0.2) is 29.4 Å². The van der Waals surface area contributed by atoms with Gasteiger partial charge in [0.05, 0.1) is 16.3 Å². The number of nitrogens with zero attached hydrogens (tertiary/aromatic N) is 3. The zero-order valence-corrected chi connectivity index (χ0v) is 9.29. The van der Waals surface area contributed by atoms with E-state index < -0.39 is 11.0 Å². The van der Waals surface area contributed by atoms with E-state index in [1.165, 1.54) is 41.6 Å². The minimum Gasteiger partial charge on any atom is -0.409 e. The van der Waals surface area contributed by atoms with Gasteiger partial charge in [-0.3, -0.25) is 10.1 Å². The molecule has 0 aromatic heterocycles. The maximum atomic E-state index is 11.5. The molecule has 0 bridgehead atoms. The van der Waals surface area contributed by atoms with Crippen molar-refractivity contribution in [3.05, 3.63) is 34.4 Å². The summed E-state index contributed by atoms with van der Waals surface area (Å²) in [6, 6.07) is 5.27. The molecule has 88 valence electrons. The maximum Gasteiger partial charge on any atom is 0.436 e. The van der Waals surface area contributed by atoms with Crippen molar-refractivity contribution < 1.29 is 14.5 Å². The summed E-state index contributed by atoms with van der Waals surface area (Å²) in [6.07, 6.45) is -0.611. The minimum absolute atomic E-state index is 0.0560. The quantitative estimate of drug-likeness (QED) is 0.594. The van der Waals surface area contributed by atoms with Gasteiger partial charge in [0, 0.05) is 12.1 Å². The summed E-state index contributed by atoms with van der Waals surface area (Å²) in [4.78, 5) is 21.4. The molecule has 1 aliphatic rings. The van der Waals surface area contributed by atoms with Crippen LogP contribution in [0, 0.1) is 10.1 Å². The lowest BCUT2D eigenvalue weighted by atomic mass is 10.3. The van der Waals surface area contributed by atoms with Crippen molar-refractivity contribution >= 4 is 29.1 Å². The van der Waals surface area contributed by atoms with Gasteiger partial charge >= 0.3 is 6.09 Å². The molecule has 0 saturated heterocycles. The third-order valence-electron chi connectivity index (χ3n) is 1.92. The lowest BCUT2D eigenvalue weighted by Gasteiger charge is -2.10. The lowest BCUT2D eigenvalue weighted by molar-refractivity contribution is -0.384. The van der Waals surface area contributed by atoms with Crippen LogP contribution in [-0.4, -0.2) is 27.4 Å². The predicted molar refractivity (Wildman–Crippen MR) is 61.9 cm³/mol. The highest BCUT2D eigenvalue weighted by Crippen LogP contribution is 2.19. The van der Waals surface area contributed by atoms with Gasteiger partial charge in [-0.15, -0.1) is 0 Å². The molecule has 1 aromatic carbocycles. The van der Waals surface area contributed by atoms with Gasteiger partial charge in [-0.2, -0.15) is 10.1 Å². The van der Waals surface area contributed by atoms with Gasteiger partial charge in [-0.1, -0.05) is 11.8 Å². The maximum absolute atomic E-state index is 11.5. The Morgan fingerprint density at radius 3 is 2.71 bits per heavy atom. The number of thioether (sulfide) groups is 1. The summed E-state index contributed by atoms with van der Waals surface area (Å²) in [5.74, 6) is 0.652. The number of nitro groups is 1. The summed E-state index contributed by atoms with van der Waals surface area (Å²) in [6.45, 7) is 0.